The molecule has 2 heteroatoms. The molecule has 0 atom stereocenters. The van der Waals surface area contributed by atoms with Crippen molar-refractivity contribution in [2.24, 2.45) is 10.8 Å². The van der Waals surface area contributed by atoms with Gasteiger partial charge in [-0.2, -0.15) is 5.26 Å². The molecule has 0 saturated heterocycles. The van der Waals surface area contributed by atoms with E-state index >= 15 is 0 Å². The van der Waals surface area contributed by atoms with Crippen molar-refractivity contribution in [1.82, 2.24) is 4.90 Å². The van der Waals surface area contributed by atoms with Crippen LogP contribution in [0.1, 0.15) is 40.0 Å². The van der Waals surface area contributed by atoms with Crippen LogP contribution in [0.2, 0.25) is 0 Å². The average molecular weight is 194 g/mol. The van der Waals surface area contributed by atoms with Gasteiger partial charge in [-0.15, -0.1) is 0 Å². The fourth-order valence-electron chi connectivity index (χ4n) is 2.29. The molecule has 0 amide bonds. The Bertz CT molecular complexity index is 228. The van der Waals surface area contributed by atoms with Crippen molar-refractivity contribution >= 4 is 0 Å². The fourth-order valence-corrected chi connectivity index (χ4v) is 2.29. The zero-order valence-corrected chi connectivity index (χ0v) is 9.93. The van der Waals surface area contributed by atoms with Gasteiger partial charge in [0.25, 0.3) is 0 Å². The number of hydrogen-bond acceptors (Lipinski definition) is 2. The summed E-state index contributed by atoms with van der Waals surface area (Å²) in [7, 11) is 2.13. The van der Waals surface area contributed by atoms with Gasteiger partial charge in [-0.3, -0.25) is 0 Å². The Kier molecular flexibility index (Phi) is 3.21. The van der Waals surface area contributed by atoms with E-state index in [2.05, 4.69) is 38.8 Å². The molecule has 0 aliphatic heterocycles. The van der Waals surface area contributed by atoms with E-state index in [4.69, 9.17) is 5.26 Å². The molecular weight excluding hydrogens is 172 g/mol. The van der Waals surface area contributed by atoms with Gasteiger partial charge in [0.15, 0.2) is 0 Å². The highest BCUT2D eigenvalue weighted by molar-refractivity contribution is 5.06. The lowest BCUT2D eigenvalue weighted by Crippen LogP contribution is -2.42. The Labute approximate surface area is 87.9 Å². The van der Waals surface area contributed by atoms with Crippen molar-refractivity contribution in [2.45, 2.75) is 40.0 Å². The third kappa shape index (κ3) is 2.99. The summed E-state index contributed by atoms with van der Waals surface area (Å²) in [6.45, 7) is 8.73. The second kappa shape index (κ2) is 3.90. The molecule has 1 aliphatic carbocycles. The van der Waals surface area contributed by atoms with Crippen molar-refractivity contribution in [3.63, 3.8) is 0 Å². The van der Waals surface area contributed by atoms with E-state index in [0.717, 1.165) is 25.9 Å². The van der Waals surface area contributed by atoms with Crippen LogP contribution in [0.25, 0.3) is 0 Å². The summed E-state index contributed by atoms with van der Waals surface area (Å²) in [6.07, 6.45) is 3.42. The molecule has 0 spiro atoms. The van der Waals surface area contributed by atoms with Crippen LogP contribution in [0.4, 0.5) is 0 Å². The summed E-state index contributed by atoms with van der Waals surface area (Å²) in [5, 5.41) is 9.11. The molecule has 1 aliphatic rings. The van der Waals surface area contributed by atoms with E-state index in [1.807, 2.05) is 0 Å². The molecule has 0 radical (unpaired) electrons. The van der Waals surface area contributed by atoms with Crippen molar-refractivity contribution < 1.29 is 0 Å². The first-order valence-corrected chi connectivity index (χ1v) is 5.47. The van der Waals surface area contributed by atoms with Crippen molar-refractivity contribution in [3.05, 3.63) is 0 Å². The van der Waals surface area contributed by atoms with E-state index in [0.29, 0.717) is 5.41 Å². The predicted octanol–water partition coefficient (Wildman–Crippen LogP) is 2.66. The van der Waals surface area contributed by atoms with Crippen LogP contribution < -0.4 is 0 Å². The normalized spacial score (nSPS) is 20.3. The van der Waals surface area contributed by atoms with Crippen LogP contribution in [0.3, 0.4) is 0 Å². The van der Waals surface area contributed by atoms with Crippen LogP contribution >= 0.6 is 0 Å². The van der Waals surface area contributed by atoms with E-state index in [-0.39, 0.29) is 5.41 Å². The summed E-state index contributed by atoms with van der Waals surface area (Å²) in [5.41, 5.74) is 0.315. The Morgan fingerprint density at radius 1 is 1.36 bits per heavy atom. The van der Waals surface area contributed by atoms with Crippen molar-refractivity contribution in [3.8, 4) is 6.07 Å². The first-order chi connectivity index (χ1) is 6.37. The van der Waals surface area contributed by atoms with Gasteiger partial charge in [-0.1, -0.05) is 27.2 Å². The summed E-state index contributed by atoms with van der Waals surface area (Å²) in [6, 6.07) is 2.49. The maximum absolute atomic E-state index is 9.11. The highest BCUT2D eigenvalue weighted by Gasteiger charge is 2.38. The molecule has 0 unspecified atom stereocenters. The van der Waals surface area contributed by atoms with Gasteiger partial charge in [0, 0.05) is 13.1 Å². The monoisotopic (exact) mass is 194 g/mol. The van der Waals surface area contributed by atoms with Gasteiger partial charge in [-0.05, 0) is 25.3 Å². The minimum Gasteiger partial charge on any atom is -0.304 e. The molecule has 0 N–H and O–H groups in total. The average Bonchev–Trinajstić information content (AvgIpc) is 1.93. The fraction of sp³-hybridized carbons (Fsp3) is 0.917. The van der Waals surface area contributed by atoms with Crippen LogP contribution in [0, 0.1) is 22.2 Å². The molecule has 1 fully saturated rings. The second-order valence-electron chi connectivity index (χ2n) is 5.98. The standard InChI is InChI=1S/C12H22N2/c1-11(2,3)9-14(4)10-12(8-13)6-5-7-12/h5-7,9-10H2,1-4H3. The van der Waals surface area contributed by atoms with Gasteiger partial charge < -0.3 is 4.90 Å². The Morgan fingerprint density at radius 3 is 2.21 bits per heavy atom. The molecule has 2 nitrogen and oxygen atoms in total. The summed E-state index contributed by atoms with van der Waals surface area (Å²) in [4.78, 5) is 2.31. The maximum atomic E-state index is 9.11. The topological polar surface area (TPSA) is 27.0 Å². The highest BCUT2D eigenvalue weighted by atomic mass is 15.1. The highest BCUT2D eigenvalue weighted by Crippen LogP contribution is 2.40. The number of nitriles is 1. The third-order valence-corrected chi connectivity index (χ3v) is 2.86. The summed E-state index contributed by atoms with van der Waals surface area (Å²) in [5.74, 6) is 0. The largest absolute Gasteiger partial charge is 0.304 e. The van der Waals surface area contributed by atoms with Gasteiger partial charge in [0.1, 0.15) is 0 Å². The van der Waals surface area contributed by atoms with E-state index in [1.54, 1.807) is 0 Å². The summed E-state index contributed by atoms with van der Waals surface area (Å²) < 4.78 is 0. The van der Waals surface area contributed by atoms with E-state index in [9.17, 15) is 0 Å². The van der Waals surface area contributed by atoms with E-state index < -0.39 is 0 Å². The second-order valence-corrected chi connectivity index (χ2v) is 5.98. The lowest BCUT2D eigenvalue weighted by Gasteiger charge is -2.39. The van der Waals surface area contributed by atoms with Crippen molar-refractivity contribution in [1.29, 1.82) is 5.26 Å². The van der Waals surface area contributed by atoms with Gasteiger partial charge >= 0.3 is 0 Å². The maximum Gasteiger partial charge on any atom is 0.0703 e. The molecule has 80 valence electrons. The van der Waals surface area contributed by atoms with Gasteiger partial charge in [0.05, 0.1) is 11.5 Å². The minimum atomic E-state index is -0.0139. The first-order valence-electron chi connectivity index (χ1n) is 5.47. The first kappa shape index (κ1) is 11.5. The molecule has 14 heavy (non-hydrogen) atoms. The van der Waals surface area contributed by atoms with Gasteiger partial charge in [0.2, 0.25) is 0 Å². The summed E-state index contributed by atoms with van der Waals surface area (Å²) >= 11 is 0. The lowest BCUT2D eigenvalue weighted by atomic mass is 9.69. The zero-order chi connectivity index (χ0) is 10.8. The molecule has 0 aromatic carbocycles. The smallest absolute Gasteiger partial charge is 0.0703 e. The number of rotatable bonds is 3. The molecule has 0 aromatic heterocycles. The quantitative estimate of drug-likeness (QED) is 0.690. The Hall–Kier alpha value is -0.550. The number of nitrogens with zero attached hydrogens (tertiary/aromatic N) is 2. The Morgan fingerprint density at radius 2 is 1.93 bits per heavy atom. The lowest BCUT2D eigenvalue weighted by molar-refractivity contribution is 0.114. The molecular formula is C12H22N2. The number of hydrogen-bond donors (Lipinski definition) is 0. The zero-order valence-electron chi connectivity index (χ0n) is 9.93. The minimum absolute atomic E-state index is 0.0139. The van der Waals surface area contributed by atoms with Crippen LogP contribution in [-0.2, 0) is 0 Å². The predicted molar refractivity (Wildman–Crippen MR) is 58.8 cm³/mol. The van der Waals surface area contributed by atoms with Crippen LogP contribution in [-0.4, -0.2) is 25.0 Å². The molecule has 0 aromatic rings. The van der Waals surface area contributed by atoms with Crippen molar-refractivity contribution in [2.75, 3.05) is 20.1 Å². The molecule has 1 rings (SSSR count). The van der Waals surface area contributed by atoms with Gasteiger partial charge in [-0.25, -0.2) is 0 Å². The van der Waals surface area contributed by atoms with Crippen LogP contribution in [0.15, 0.2) is 0 Å². The molecule has 1 saturated carbocycles. The van der Waals surface area contributed by atoms with E-state index in [1.165, 1.54) is 6.42 Å². The van der Waals surface area contributed by atoms with Crippen LogP contribution in [0.5, 0.6) is 0 Å². The molecule has 0 bridgehead atoms. The third-order valence-electron chi connectivity index (χ3n) is 2.86. The Balaban J connectivity index is 2.41. The molecule has 0 heterocycles. The SMILES string of the molecule is CN(CC(C)(C)C)CC1(C#N)CCC1.